The number of nitrogen functional groups attached to an aromatic ring is 1. The molecule has 1 atom stereocenters. The summed E-state index contributed by atoms with van der Waals surface area (Å²) in [4.78, 5) is 9.05. The number of hydrogen-bond acceptors (Lipinski definition) is 6. The summed E-state index contributed by atoms with van der Waals surface area (Å²) in [6.45, 7) is 2.07. The van der Waals surface area contributed by atoms with Gasteiger partial charge in [0.05, 0.1) is 29.9 Å². The van der Waals surface area contributed by atoms with Gasteiger partial charge in [-0.25, -0.2) is 12.8 Å². The Labute approximate surface area is 120 Å². The predicted molar refractivity (Wildman–Crippen MR) is 71.6 cm³/mol. The van der Waals surface area contributed by atoms with Crippen molar-refractivity contribution in [3.8, 4) is 0 Å². The maximum absolute atomic E-state index is 14.0. The zero-order valence-corrected chi connectivity index (χ0v) is 12.0. The number of anilines is 1. The van der Waals surface area contributed by atoms with E-state index in [1.807, 2.05) is 0 Å². The van der Waals surface area contributed by atoms with E-state index in [0.717, 1.165) is 10.4 Å². The van der Waals surface area contributed by atoms with Crippen LogP contribution >= 0.6 is 0 Å². The van der Waals surface area contributed by atoms with Crippen LogP contribution in [0.5, 0.6) is 0 Å². The van der Waals surface area contributed by atoms with E-state index in [1.165, 1.54) is 0 Å². The molecule has 1 aliphatic heterocycles. The van der Waals surface area contributed by atoms with Gasteiger partial charge in [-0.2, -0.15) is 4.31 Å². The van der Waals surface area contributed by atoms with Crippen LogP contribution in [0.15, 0.2) is 17.0 Å². The van der Waals surface area contributed by atoms with E-state index in [9.17, 15) is 22.9 Å². The lowest BCUT2D eigenvalue weighted by Crippen LogP contribution is -2.47. The predicted octanol–water partition coefficient (Wildman–Crippen LogP) is 0.726. The van der Waals surface area contributed by atoms with Crippen LogP contribution in [0.25, 0.3) is 0 Å². The minimum absolute atomic E-state index is 0.0688. The maximum atomic E-state index is 14.0. The van der Waals surface area contributed by atoms with Gasteiger partial charge in [-0.1, -0.05) is 0 Å². The number of nitro benzene ring substituents is 1. The summed E-state index contributed by atoms with van der Waals surface area (Å²) in [7, 11) is -4.18. The summed E-state index contributed by atoms with van der Waals surface area (Å²) in [5.41, 5.74) is 4.43. The summed E-state index contributed by atoms with van der Waals surface area (Å²) < 4.78 is 45.2. The number of sulfonamides is 1. The Kier molecular flexibility index (Phi) is 4.12. The van der Waals surface area contributed by atoms with Crippen LogP contribution < -0.4 is 5.73 Å². The Balaban J connectivity index is 2.52. The van der Waals surface area contributed by atoms with E-state index >= 15 is 0 Å². The lowest BCUT2D eigenvalue weighted by Gasteiger charge is -2.32. The molecule has 116 valence electrons. The molecule has 0 radical (unpaired) electrons. The fourth-order valence-corrected chi connectivity index (χ4v) is 3.91. The highest BCUT2D eigenvalue weighted by Gasteiger charge is 2.35. The molecule has 0 aromatic heterocycles. The largest absolute Gasteiger partial charge is 0.397 e. The van der Waals surface area contributed by atoms with Crippen LogP contribution in [0.1, 0.15) is 6.92 Å². The van der Waals surface area contributed by atoms with Crippen molar-refractivity contribution in [2.45, 2.75) is 17.9 Å². The molecule has 8 nitrogen and oxygen atoms in total. The van der Waals surface area contributed by atoms with Crippen molar-refractivity contribution in [3.05, 3.63) is 28.1 Å². The number of halogens is 1. The Hall–Kier alpha value is -1.78. The first-order chi connectivity index (χ1) is 9.75. The van der Waals surface area contributed by atoms with Gasteiger partial charge in [-0.3, -0.25) is 10.1 Å². The van der Waals surface area contributed by atoms with Crippen molar-refractivity contribution < 1.29 is 22.5 Å². The van der Waals surface area contributed by atoms with Crippen molar-refractivity contribution >= 4 is 21.4 Å². The minimum Gasteiger partial charge on any atom is -0.397 e. The molecule has 0 aliphatic carbocycles. The summed E-state index contributed by atoms with van der Waals surface area (Å²) in [6.07, 6.45) is 0. The molecule has 1 fully saturated rings. The fourth-order valence-electron chi connectivity index (χ4n) is 2.16. The minimum atomic E-state index is -4.18. The van der Waals surface area contributed by atoms with Crippen molar-refractivity contribution in [1.82, 2.24) is 4.31 Å². The number of rotatable bonds is 3. The number of benzene rings is 1. The molecular formula is C11H14FN3O5S. The fraction of sp³-hybridized carbons (Fsp3) is 0.455. The second-order valence-electron chi connectivity index (χ2n) is 4.64. The molecule has 1 aromatic carbocycles. The zero-order valence-electron chi connectivity index (χ0n) is 11.2. The summed E-state index contributed by atoms with van der Waals surface area (Å²) in [5.74, 6) is -1.24. The number of nitrogens with zero attached hydrogens (tertiary/aromatic N) is 2. The highest BCUT2D eigenvalue weighted by molar-refractivity contribution is 7.89. The molecule has 2 rings (SSSR count). The Morgan fingerprint density at radius 2 is 2.19 bits per heavy atom. The average Bonchev–Trinajstić information content (AvgIpc) is 2.37. The van der Waals surface area contributed by atoms with E-state index < -0.39 is 43.1 Å². The van der Waals surface area contributed by atoms with Crippen molar-refractivity contribution in [1.29, 1.82) is 0 Å². The van der Waals surface area contributed by atoms with E-state index in [0.29, 0.717) is 6.07 Å². The van der Waals surface area contributed by atoms with Gasteiger partial charge in [0, 0.05) is 18.7 Å². The number of nitro groups is 1. The van der Waals surface area contributed by atoms with Gasteiger partial charge in [0.2, 0.25) is 10.0 Å². The number of nitrogens with two attached hydrogens (primary N) is 1. The van der Waals surface area contributed by atoms with Gasteiger partial charge in [-0.15, -0.1) is 0 Å². The van der Waals surface area contributed by atoms with Crippen LogP contribution in [0.3, 0.4) is 0 Å². The lowest BCUT2D eigenvalue weighted by molar-refractivity contribution is -0.385. The number of non-ortho nitro benzene ring substituents is 1. The first-order valence-corrected chi connectivity index (χ1v) is 7.52. The van der Waals surface area contributed by atoms with E-state index in [2.05, 4.69) is 0 Å². The van der Waals surface area contributed by atoms with Crippen LogP contribution in [0.4, 0.5) is 15.8 Å². The Morgan fingerprint density at radius 3 is 2.71 bits per heavy atom. The SMILES string of the molecule is CC1COCCN1S(=O)(=O)c1c(N)cc([N+](=O)[O-])cc1F. The molecule has 2 N–H and O–H groups in total. The molecule has 0 bridgehead atoms. The molecule has 0 spiro atoms. The number of ether oxygens (including phenoxy) is 1. The van der Waals surface area contributed by atoms with Crippen molar-refractivity contribution in [3.63, 3.8) is 0 Å². The highest BCUT2D eigenvalue weighted by Crippen LogP contribution is 2.31. The molecule has 0 amide bonds. The quantitative estimate of drug-likeness (QED) is 0.499. The third-order valence-electron chi connectivity index (χ3n) is 3.14. The van der Waals surface area contributed by atoms with Gasteiger partial charge in [0.1, 0.15) is 4.90 Å². The lowest BCUT2D eigenvalue weighted by atomic mass is 10.3. The first kappa shape index (κ1) is 15.6. The molecule has 1 aliphatic rings. The number of morpholine rings is 1. The van der Waals surface area contributed by atoms with Gasteiger partial charge in [0.15, 0.2) is 5.82 Å². The molecule has 10 heteroatoms. The van der Waals surface area contributed by atoms with Gasteiger partial charge in [-0.05, 0) is 6.92 Å². The number of hydrogen-bond donors (Lipinski definition) is 1. The topological polar surface area (TPSA) is 116 Å². The summed E-state index contributed by atoms with van der Waals surface area (Å²) in [5, 5.41) is 10.6. The van der Waals surface area contributed by atoms with E-state index in [4.69, 9.17) is 10.5 Å². The van der Waals surface area contributed by atoms with E-state index in [-0.39, 0.29) is 19.8 Å². The maximum Gasteiger partial charge on any atom is 0.274 e. The van der Waals surface area contributed by atoms with Crippen LogP contribution in [-0.4, -0.2) is 43.4 Å². The second-order valence-corrected chi connectivity index (χ2v) is 6.47. The zero-order chi connectivity index (χ0) is 15.8. The highest BCUT2D eigenvalue weighted by atomic mass is 32.2. The Bertz CT molecular complexity index is 655. The third-order valence-corrected chi connectivity index (χ3v) is 5.25. The third kappa shape index (κ3) is 2.82. The molecule has 21 heavy (non-hydrogen) atoms. The van der Waals surface area contributed by atoms with Crippen LogP contribution in [0.2, 0.25) is 0 Å². The van der Waals surface area contributed by atoms with Gasteiger partial charge in [0.25, 0.3) is 5.69 Å². The summed E-state index contributed by atoms with van der Waals surface area (Å²) in [6, 6.07) is 0.910. The molecule has 0 saturated carbocycles. The van der Waals surface area contributed by atoms with Crippen LogP contribution in [-0.2, 0) is 14.8 Å². The molecule has 1 heterocycles. The molecule has 1 aromatic rings. The monoisotopic (exact) mass is 319 g/mol. The molecular weight excluding hydrogens is 305 g/mol. The second kappa shape index (κ2) is 5.54. The van der Waals surface area contributed by atoms with Crippen molar-refractivity contribution in [2.24, 2.45) is 0 Å². The standard InChI is InChI=1S/C11H14FN3O5S/c1-7-6-20-3-2-14(7)21(18,19)11-9(12)4-8(15(16)17)5-10(11)13/h4-5,7H,2-3,6,13H2,1H3. The van der Waals surface area contributed by atoms with E-state index in [1.54, 1.807) is 6.92 Å². The van der Waals surface area contributed by atoms with Crippen LogP contribution in [0, 0.1) is 15.9 Å². The molecule has 1 saturated heterocycles. The first-order valence-electron chi connectivity index (χ1n) is 6.08. The molecule has 1 unspecified atom stereocenters. The normalized spacial score (nSPS) is 20.4. The van der Waals surface area contributed by atoms with Gasteiger partial charge < -0.3 is 10.5 Å². The average molecular weight is 319 g/mol. The summed E-state index contributed by atoms with van der Waals surface area (Å²) >= 11 is 0. The van der Waals surface area contributed by atoms with Crippen molar-refractivity contribution in [2.75, 3.05) is 25.5 Å². The Morgan fingerprint density at radius 1 is 1.52 bits per heavy atom. The van der Waals surface area contributed by atoms with Gasteiger partial charge >= 0.3 is 0 Å². The smallest absolute Gasteiger partial charge is 0.274 e.